The number of carbonyl (C=O) groups is 2. The van der Waals surface area contributed by atoms with Crippen LogP contribution < -0.4 is 0 Å². The average Bonchev–Trinajstić information content (AvgIpc) is 2.36. The van der Waals surface area contributed by atoms with Gasteiger partial charge in [0.1, 0.15) is 5.69 Å². The molecule has 4 heteroatoms. The van der Waals surface area contributed by atoms with Gasteiger partial charge in [-0.1, -0.05) is 18.2 Å². The maximum atomic E-state index is 11.6. The molecular formula is C12H8ClNO2. The van der Waals surface area contributed by atoms with Crippen LogP contribution in [0.3, 0.4) is 0 Å². The number of hydrogen-bond donors (Lipinski definition) is 0. The number of aldehydes is 1. The van der Waals surface area contributed by atoms with Gasteiger partial charge in [-0.2, -0.15) is 0 Å². The van der Waals surface area contributed by atoms with Crippen LogP contribution in [0, 0.1) is 0 Å². The van der Waals surface area contributed by atoms with Crippen LogP contribution >= 0.6 is 11.6 Å². The molecule has 0 aliphatic rings. The lowest BCUT2D eigenvalue weighted by atomic mass is 10.1. The Bertz CT molecular complexity index is 566. The second-order valence-electron chi connectivity index (χ2n) is 3.29. The highest BCUT2D eigenvalue weighted by Crippen LogP contribution is 2.17. The van der Waals surface area contributed by atoms with E-state index in [2.05, 4.69) is 4.98 Å². The second kappa shape index (κ2) is 4.41. The van der Waals surface area contributed by atoms with Crippen LogP contribution in [0.4, 0.5) is 0 Å². The number of rotatable bonds is 3. The first kappa shape index (κ1) is 10.8. The van der Waals surface area contributed by atoms with Crippen molar-refractivity contribution in [2.24, 2.45) is 0 Å². The molecule has 0 aliphatic heterocycles. The normalized spacial score (nSPS) is 10.3. The fourth-order valence-corrected chi connectivity index (χ4v) is 1.67. The largest absolute Gasteiger partial charge is 0.296 e. The van der Waals surface area contributed by atoms with Crippen molar-refractivity contribution in [3.8, 4) is 0 Å². The first-order valence-corrected chi connectivity index (χ1v) is 5.24. The van der Waals surface area contributed by atoms with Crippen LogP contribution in [-0.4, -0.2) is 22.9 Å². The maximum Gasteiger partial charge on any atom is 0.179 e. The number of ketones is 1. The van der Waals surface area contributed by atoms with Crippen molar-refractivity contribution in [2.45, 2.75) is 0 Å². The third kappa shape index (κ3) is 1.82. The minimum Gasteiger partial charge on any atom is -0.296 e. The van der Waals surface area contributed by atoms with Gasteiger partial charge in [0, 0.05) is 10.9 Å². The van der Waals surface area contributed by atoms with Gasteiger partial charge < -0.3 is 0 Å². The minimum absolute atomic E-state index is 0.0912. The molecule has 0 saturated heterocycles. The topological polar surface area (TPSA) is 47.0 Å². The van der Waals surface area contributed by atoms with Gasteiger partial charge in [-0.25, -0.2) is 4.98 Å². The van der Waals surface area contributed by atoms with Crippen molar-refractivity contribution in [1.29, 1.82) is 0 Å². The summed E-state index contributed by atoms with van der Waals surface area (Å²) < 4.78 is 0. The van der Waals surface area contributed by atoms with Crippen molar-refractivity contribution < 1.29 is 9.59 Å². The third-order valence-corrected chi connectivity index (χ3v) is 2.53. The molecule has 1 aromatic carbocycles. The fraction of sp³-hybridized carbons (Fsp3) is 0.0833. The number of Topliss-reactive ketones (excluding diaryl/α,β-unsaturated/α-hetero) is 1. The fourth-order valence-electron chi connectivity index (χ4n) is 1.52. The first-order valence-electron chi connectivity index (χ1n) is 4.70. The van der Waals surface area contributed by atoms with Crippen LogP contribution in [0.2, 0.25) is 0 Å². The molecule has 0 radical (unpaired) electrons. The molecule has 3 nitrogen and oxygen atoms in total. The van der Waals surface area contributed by atoms with E-state index >= 15 is 0 Å². The molecule has 80 valence electrons. The molecule has 0 spiro atoms. The summed E-state index contributed by atoms with van der Waals surface area (Å²) in [5.41, 5.74) is 1.29. The van der Waals surface area contributed by atoms with Crippen molar-refractivity contribution >= 4 is 34.6 Å². The van der Waals surface area contributed by atoms with E-state index in [1.165, 1.54) is 0 Å². The van der Waals surface area contributed by atoms with Crippen molar-refractivity contribution in [2.75, 3.05) is 5.88 Å². The highest BCUT2D eigenvalue weighted by atomic mass is 35.5. The van der Waals surface area contributed by atoms with Gasteiger partial charge in [-0.05, 0) is 12.1 Å². The van der Waals surface area contributed by atoms with Crippen molar-refractivity contribution in [1.82, 2.24) is 4.98 Å². The predicted molar refractivity (Wildman–Crippen MR) is 62.2 cm³/mol. The number of alkyl halides is 1. The van der Waals surface area contributed by atoms with Crippen LogP contribution in [0.1, 0.15) is 20.8 Å². The summed E-state index contributed by atoms with van der Waals surface area (Å²) in [6.07, 6.45) is 0.654. The molecule has 2 rings (SSSR count). The van der Waals surface area contributed by atoms with Gasteiger partial charge in [-0.15, -0.1) is 11.6 Å². The number of carbonyl (C=O) groups excluding carboxylic acids is 2. The Morgan fingerprint density at radius 1 is 1.31 bits per heavy atom. The zero-order chi connectivity index (χ0) is 11.5. The molecule has 0 N–H and O–H groups in total. The number of hydrogen-bond acceptors (Lipinski definition) is 3. The monoisotopic (exact) mass is 233 g/mol. The number of pyridine rings is 1. The number of benzene rings is 1. The van der Waals surface area contributed by atoms with Gasteiger partial charge in [-0.3, -0.25) is 9.59 Å². The molecule has 0 amide bonds. The number of halogens is 1. The molecule has 2 aromatic rings. The molecule has 1 heterocycles. The summed E-state index contributed by atoms with van der Waals surface area (Å²) >= 11 is 5.51. The molecule has 16 heavy (non-hydrogen) atoms. The lowest BCUT2D eigenvalue weighted by Gasteiger charge is -2.03. The van der Waals surface area contributed by atoms with Crippen LogP contribution in [0.25, 0.3) is 10.9 Å². The maximum absolute atomic E-state index is 11.6. The van der Waals surface area contributed by atoms with E-state index in [9.17, 15) is 9.59 Å². The Hall–Kier alpha value is -1.74. The Kier molecular flexibility index (Phi) is 2.97. The Balaban J connectivity index is 2.73. The van der Waals surface area contributed by atoms with Crippen LogP contribution in [0.5, 0.6) is 0 Å². The van der Waals surface area contributed by atoms with E-state index in [1.54, 1.807) is 24.3 Å². The number of fused-ring (bicyclic) bond motifs is 1. The molecule has 0 aliphatic carbocycles. The van der Waals surface area contributed by atoms with Crippen LogP contribution in [-0.2, 0) is 0 Å². The molecule has 0 fully saturated rings. The van der Waals surface area contributed by atoms with E-state index in [4.69, 9.17) is 11.6 Å². The lowest BCUT2D eigenvalue weighted by Crippen LogP contribution is -2.03. The average molecular weight is 234 g/mol. The first-order chi connectivity index (χ1) is 7.76. The van der Waals surface area contributed by atoms with Gasteiger partial charge >= 0.3 is 0 Å². The highest BCUT2D eigenvalue weighted by Gasteiger charge is 2.10. The Morgan fingerprint density at radius 3 is 2.81 bits per heavy atom. The smallest absolute Gasteiger partial charge is 0.179 e. The number of para-hydroxylation sites is 1. The van der Waals surface area contributed by atoms with Gasteiger partial charge in [0.25, 0.3) is 0 Å². The van der Waals surface area contributed by atoms with Crippen molar-refractivity contribution in [3.63, 3.8) is 0 Å². The summed E-state index contributed by atoms with van der Waals surface area (Å²) in [6.45, 7) is 0. The Labute approximate surface area is 97.1 Å². The molecule has 0 unspecified atom stereocenters. The zero-order valence-corrected chi connectivity index (χ0v) is 9.07. The number of nitrogens with zero attached hydrogens (tertiary/aromatic N) is 1. The molecule has 0 saturated carbocycles. The zero-order valence-electron chi connectivity index (χ0n) is 8.31. The second-order valence-corrected chi connectivity index (χ2v) is 3.56. The van der Waals surface area contributed by atoms with Gasteiger partial charge in [0.2, 0.25) is 0 Å². The standard InChI is InChI=1S/C12H8ClNO2/c13-6-11(16)10-3-1-2-8-4-5-9(7-15)14-12(8)10/h1-5,7H,6H2. The summed E-state index contributed by atoms with van der Waals surface area (Å²) in [6, 6.07) is 8.64. The summed E-state index contributed by atoms with van der Waals surface area (Å²) in [7, 11) is 0. The number of aromatic nitrogens is 1. The Morgan fingerprint density at radius 2 is 2.12 bits per heavy atom. The molecule has 0 atom stereocenters. The van der Waals surface area contributed by atoms with Gasteiger partial charge in [0.05, 0.1) is 11.4 Å². The van der Waals surface area contributed by atoms with E-state index in [-0.39, 0.29) is 11.7 Å². The van der Waals surface area contributed by atoms with Crippen molar-refractivity contribution in [3.05, 3.63) is 41.6 Å². The van der Waals surface area contributed by atoms with Gasteiger partial charge in [0.15, 0.2) is 12.1 Å². The lowest BCUT2D eigenvalue weighted by molar-refractivity contribution is 0.102. The molecular weight excluding hydrogens is 226 g/mol. The minimum atomic E-state index is -0.192. The van der Waals surface area contributed by atoms with E-state index in [1.807, 2.05) is 6.07 Å². The molecule has 1 aromatic heterocycles. The summed E-state index contributed by atoms with van der Waals surface area (Å²) in [5, 5.41) is 0.821. The van der Waals surface area contributed by atoms with E-state index in [0.29, 0.717) is 23.1 Å². The highest BCUT2D eigenvalue weighted by molar-refractivity contribution is 6.31. The van der Waals surface area contributed by atoms with Crippen LogP contribution in [0.15, 0.2) is 30.3 Å². The SMILES string of the molecule is O=Cc1ccc2cccc(C(=O)CCl)c2n1. The molecule has 0 bridgehead atoms. The van der Waals surface area contributed by atoms with E-state index in [0.717, 1.165) is 5.39 Å². The summed E-state index contributed by atoms with van der Waals surface area (Å²) in [4.78, 5) is 26.3. The quantitative estimate of drug-likeness (QED) is 0.465. The van der Waals surface area contributed by atoms with E-state index < -0.39 is 0 Å². The third-order valence-electron chi connectivity index (χ3n) is 2.28. The summed E-state index contributed by atoms with van der Waals surface area (Å²) in [5.74, 6) is -0.283. The predicted octanol–water partition coefficient (Wildman–Crippen LogP) is 2.47.